The fourth-order valence-corrected chi connectivity index (χ4v) is 3.22. The average molecular weight is 330 g/mol. The van der Waals surface area contributed by atoms with Gasteiger partial charge in [-0.1, -0.05) is 6.07 Å². The third-order valence-corrected chi connectivity index (χ3v) is 4.91. The van der Waals surface area contributed by atoms with Crippen LogP contribution in [0.5, 0.6) is 0 Å². The smallest absolute Gasteiger partial charge is 0.224 e. The molecule has 0 aromatic heterocycles. The predicted molar refractivity (Wildman–Crippen MR) is 99.3 cm³/mol. The molecule has 1 atom stereocenters. The number of rotatable bonds is 7. The Morgan fingerprint density at radius 1 is 1.29 bits per heavy atom. The van der Waals surface area contributed by atoms with Crippen molar-refractivity contribution in [3.05, 3.63) is 24.3 Å². The number of piperazine rings is 1. The summed E-state index contributed by atoms with van der Waals surface area (Å²) in [4.78, 5) is 17.0. The number of amides is 1. The Bertz CT molecular complexity index is 548. The Morgan fingerprint density at radius 3 is 2.71 bits per heavy atom. The molecule has 1 aliphatic carbocycles. The summed E-state index contributed by atoms with van der Waals surface area (Å²) in [6, 6.07) is 8.26. The maximum Gasteiger partial charge on any atom is 0.224 e. The normalized spacial score (nSPS) is 20.0. The van der Waals surface area contributed by atoms with Crippen molar-refractivity contribution >= 4 is 17.3 Å². The molecule has 0 spiro atoms. The zero-order valence-electron chi connectivity index (χ0n) is 14.7. The van der Waals surface area contributed by atoms with Crippen molar-refractivity contribution in [1.29, 1.82) is 0 Å². The zero-order valence-corrected chi connectivity index (χ0v) is 14.7. The van der Waals surface area contributed by atoms with Gasteiger partial charge in [-0.15, -0.1) is 0 Å². The molecule has 1 aliphatic heterocycles. The van der Waals surface area contributed by atoms with Crippen molar-refractivity contribution < 1.29 is 4.79 Å². The second-order valence-electron chi connectivity index (χ2n) is 7.35. The molecular formula is C19H30N4O. The summed E-state index contributed by atoms with van der Waals surface area (Å²) in [6.07, 6.45) is 4.03. The number of hydrogen-bond acceptors (Lipinski definition) is 4. The van der Waals surface area contributed by atoms with E-state index in [-0.39, 0.29) is 11.9 Å². The molecule has 2 aliphatic rings. The third kappa shape index (κ3) is 5.21. The van der Waals surface area contributed by atoms with E-state index in [2.05, 4.69) is 27.2 Å². The van der Waals surface area contributed by atoms with Crippen LogP contribution in [-0.2, 0) is 4.79 Å². The van der Waals surface area contributed by atoms with Crippen LogP contribution in [0, 0.1) is 5.92 Å². The maximum absolute atomic E-state index is 12.0. The first-order valence-electron chi connectivity index (χ1n) is 9.23. The van der Waals surface area contributed by atoms with Gasteiger partial charge >= 0.3 is 0 Å². The molecule has 132 valence electrons. The predicted octanol–water partition coefficient (Wildman–Crippen LogP) is 2.28. The first kappa shape index (κ1) is 17.2. The molecule has 1 saturated carbocycles. The molecule has 24 heavy (non-hydrogen) atoms. The van der Waals surface area contributed by atoms with Crippen molar-refractivity contribution in [1.82, 2.24) is 4.90 Å². The highest BCUT2D eigenvalue weighted by Gasteiger charge is 2.26. The van der Waals surface area contributed by atoms with Gasteiger partial charge in [-0.25, -0.2) is 0 Å². The Kier molecular flexibility index (Phi) is 5.74. The lowest BCUT2D eigenvalue weighted by molar-refractivity contribution is -0.116. The molecule has 3 rings (SSSR count). The SMILES string of the molecule is CC(N)CCC(=O)Nc1cccc(N2CCN(CC3CC3)CC2)c1. The summed E-state index contributed by atoms with van der Waals surface area (Å²) in [6.45, 7) is 7.62. The Balaban J connectivity index is 1.50. The van der Waals surface area contributed by atoms with Gasteiger partial charge in [-0.05, 0) is 50.3 Å². The highest BCUT2D eigenvalue weighted by molar-refractivity contribution is 5.91. The second kappa shape index (κ2) is 7.99. The number of nitrogens with one attached hydrogen (secondary N) is 1. The van der Waals surface area contributed by atoms with E-state index in [1.54, 1.807) is 0 Å². The number of hydrogen-bond donors (Lipinski definition) is 2. The Morgan fingerprint density at radius 2 is 2.04 bits per heavy atom. The Labute approximate surface area is 145 Å². The average Bonchev–Trinajstić information content (AvgIpc) is 3.38. The van der Waals surface area contributed by atoms with Gasteiger partial charge < -0.3 is 16.0 Å². The van der Waals surface area contributed by atoms with Crippen LogP contribution >= 0.6 is 0 Å². The van der Waals surface area contributed by atoms with E-state index < -0.39 is 0 Å². The molecule has 1 amide bonds. The summed E-state index contributed by atoms with van der Waals surface area (Å²) < 4.78 is 0. The van der Waals surface area contributed by atoms with Crippen LogP contribution in [0.2, 0.25) is 0 Å². The molecule has 2 fully saturated rings. The number of nitrogens with zero attached hydrogens (tertiary/aromatic N) is 2. The van der Waals surface area contributed by atoms with Crippen LogP contribution in [-0.4, -0.2) is 49.6 Å². The van der Waals surface area contributed by atoms with E-state index in [4.69, 9.17) is 5.73 Å². The first-order valence-corrected chi connectivity index (χ1v) is 9.23. The van der Waals surface area contributed by atoms with Crippen LogP contribution in [0.25, 0.3) is 0 Å². The molecule has 1 unspecified atom stereocenters. The van der Waals surface area contributed by atoms with Crippen molar-refractivity contribution in [3.8, 4) is 0 Å². The highest BCUT2D eigenvalue weighted by Crippen LogP contribution is 2.30. The van der Waals surface area contributed by atoms with Gasteiger partial charge in [0.25, 0.3) is 0 Å². The number of carbonyl (C=O) groups is 1. The van der Waals surface area contributed by atoms with Crippen LogP contribution in [0.4, 0.5) is 11.4 Å². The van der Waals surface area contributed by atoms with Crippen LogP contribution in [0.1, 0.15) is 32.6 Å². The molecule has 0 radical (unpaired) electrons. The number of carbonyl (C=O) groups excluding carboxylic acids is 1. The lowest BCUT2D eigenvalue weighted by Gasteiger charge is -2.36. The number of anilines is 2. The lowest BCUT2D eigenvalue weighted by atomic mass is 10.2. The molecule has 5 nitrogen and oxygen atoms in total. The minimum atomic E-state index is 0.0405. The standard InChI is InChI=1S/C19H30N4O/c1-15(20)5-8-19(24)21-17-3-2-4-18(13-17)23-11-9-22(10-12-23)14-16-6-7-16/h2-4,13,15-16H,5-12,14,20H2,1H3,(H,21,24). The summed E-state index contributed by atoms with van der Waals surface area (Å²) in [7, 11) is 0. The van der Waals surface area contributed by atoms with Gasteiger partial charge in [0.15, 0.2) is 0 Å². The molecule has 1 aromatic carbocycles. The maximum atomic E-state index is 12.0. The molecule has 0 bridgehead atoms. The van der Waals surface area contributed by atoms with Crippen molar-refractivity contribution in [3.63, 3.8) is 0 Å². The monoisotopic (exact) mass is 330 g/mol. The van der Waals surface area contributed by atoms with Crippen molar-refractivity contribution in [2.45, 2.75) is 38.6 Å². The van der Waals surface area contributed by atoms with E-state index in [1.165, 1.54) is 25.1 Å². The topological polar surface area (TPSA) is 61.6 Å². The summed E-state index contributed by atoms with van der Waals surface area (Å²) in [5.41, 5.74) is 7.79. The quantitative estimate of drug-likeness (QED) is 0.805. The fourth-order valence-electron chi connectivity index (χ4n) is 3.22. The molecule has 1 aromatic rings. The van der Waals surface area contributed by atoms with Crippen molar-refractivity contribution in [2.75, 3.05) is 42.9 Å². The molecule has 5 heteroatoms. The van der Waals surface area contributed by atoms with Crippen LogP contribution in [0.3, 0.4) is 0 Å². The van der Waals surface area contributed by atoms with E-state index in [1.807, 2.05) is 19.1 Å². The third-order valence-electron chi connectivity index (χ3n) is 4.91. The van der Waals surface area contributed by atoms with Crippen LogP contribution < -0.4 is 16.0 Å². The van der Waals surface area contributed by atoms with Gasteiger partial charge in [0.1, 0.15) is 0 Å². The van der Waals surface area contributed by atoms with Gasteiger partial charge in [0, 0.05) is 56.6 Å². The summed E-state index contributed by atoms with van der Waals surface area (Å²) >= 11 is 0. The van der Waals surface area contributed by atoms with Crippen molar-refractivity contribution in [2.24, 2.45) is 11.7 Å². The van der Waals surface area contributed by atoms with Gasteiger partial charge in [0.2, 0.25) is 5.91 Å². The summed E-state index contributed by atoms with van der Waals surface area (Å²) in [5, 5.41) is 2.99. The molecule has 1 saturated heterocycles. The lowest BCUT2D eigenvalue weighted by Crippen LogP contribution is -2.47. The highest BCUT2D eigenvalue weighted by atomic mass is 16.1. The van der Waals surface area contributed by atoms with Gasteiger partial charge in [-0.3, -0.25) is 9.69 Å². The summed E-state index contributed by atoms with van der Waals surface area (Å²) in [5.74, 6) is 1.00. The minimum Gasteiger partial charge on any atom is -0.369 e. The van der Waals surface area contributed by atoms with E-state index in [9.17, 15) is 4.79 Å². The van der Waals surface area contributed by atoms with Gasteiger partial charge in [-0.2, -0.15) is 0 Å². The number of benzene rings is 1. The van der Waals surface area contributed by atoms with E-state index in [0.29, 0.717) is 12.8 Å². The molecule has 3 N–H and O–H groups in total. The Hall–Kier alpha value is -1.59. The van der Waals surface area contributed by atoms with E-state index >= 15 is 0 Å². The van der Waals surface area contributed by atoms with E-state index in [0.717, 1.165) is 37.8 Å². The second-order valence-corrected chi connectivity index (χ2v) is 7.35. The van der Waals surface area contributed by atoms with Gasteiger partial charge in [0.05, 0.1) is 0 Å². The zero-order chi connectivity index (χ0) is 16.9. The molecular weight excluding hydrogens is 300 g/mol. The fraction of sp³-hybridized carbons (Fsp3) is 0.632. The minimum absolute atomic E-state index is 0.0405. The largest absolute Gasteiger partial charge is 0.369 e. The van der Waals surface area contributed by atoms with Crippen LogP contribution in [0.15, 0.2) is 24.3 Å². The molecule has 1 heterocycles. The first-order chi connectivity index (χ1) is 11.6. The number of nitrogens with two attached hydrogens (primary N) is 1.